The third-order valence-electron chi connectivity index (χ3n) is 4.55. The summed E-state index contributed by atoms with van der Waals surface area (Å²) in [5.74, 6) is -1.29. The number of carbonyl (C=O) groups is 1. The molecule has 0 aliphatic heterocycles. The van der Waals surface area contributed by atoms with E-state index in [1.165, 1.54) is 10.6 Å². The maximum atomic E-state index is 14.4. The molecule has 3 heterocycles. The van der Waals surface area contributed by atoms with Crippen molar-refractivity contribution in [3.05, 3.63) is 77.1 Å². The lowest BCUT2D eigenvalue weighted by atomic mass is 10.1. The minimum absolute atomic E-state index is 0.249. The minimum Gasteiger partial charge on any atom is -0.346 e. The second-order valence-corrected chi connectivity index (χ2v) is 7.19. The highest BCUT2D eigenvalue weighted by Gasteiger charge is 2.20. The smallest absolute Gasteiger partial charge is 0.274 e. The number of halogens is 2. The van der Waals surface area contributed by atoms with Gasteiger partial charge in [0.15, 0.2) is 5.69 Å². The second kappa shape index (κ2) is 7.97. The van der Waals surface area contributed by atoms with Crippen molar-refractivity contribution in [1.29, 1.82) is 5.26 Å². The molecule has 0 saturated heterocycles. The molecule has 150 valence electrons. The number of pyridine rings is 1. The predicted octanol–water partition coefficient (Wildman–Crippen LogP) is 3.68. The lowest BCUT2D eigenvalue weighted by Crippen LogP contribution is -2.36. The molecule has 0 radical (unpaired) electrons. The fraction of sp³-hybridized carbons (Fsp3) is 0.143. The van der Waals surface area contributed by atoms with Gasteiger partial charge in [-0.3, -0.25) is 13.9 Å². The van der Waals surface area contributed by atoms with Crippen LogP contribution < -0.4 is 5.32 Å². The number of hydrogen-bond acceptors (Lipinski definition) is 4. The van der Waals surface area contributed by atoms with Gasteiger partial charge in [0, 0.05) is 24.0 Å². The number of hydrogen-bond donors (Lipinski definition) is 1. The zero-order valence-corrected chi connectivity index (χ0v) is 16.6. The Kier molecular flexibility index (Phi) is 5.21. The Labute approximate surface area is 176 Å². The van der Waals surface area contributed by atoms with Gasteiger partial charge in [0.2, 0.25) is 5.95 Å². The number of nitrogens with one attached hydrogen (secondary N) is 1. The third-order valence-corrected chi connectivity index (χ3v) is 4.86. The average Bonchev–Trinajstić information content (AvgIpc) is 3.33. The molecule has 0 saturated carbocycles. The van der Waals surface area contributed by atoms with Crippen molar-refractivity contribution in [2.75, 3.05) is 0 Å². The fourth-order valence-corrected chi connectivity index (χ4v) is 3.33. The molecule has 4 aromatic rings. The molecule has 0 aliphatic carbocycles. The average molecular weight is 423 g/mol. The Bertz CT molecular complexity index is 1290. The molecule has 30 heavy (non-hydrogen) atoms. The van der Waals surface area contributed by atoms with E-state index in [1.54, 1.807) is 54.2 Å². The highest BCUT2D eigenvalue weighted by atomic mass is 35.5. The van der Waals surface area contributed by atoms with E-state index in [-0.39, 0.29) is 11.7 Å². The molecule has 1 amide bonds. The van der Waals surface area contributed by atoms with Gasteiger partial charge >= 0.3 is 0 Å². The zero-order valence-electron chi connectivity index (χ0n) is 15.9. The van der Waals surface area contributed by atoms with E-state index in [0.29, 0.717) is 28.5 Å². The largest absolute Gasteiger partial charge is 0.346 e. The summed E-state index contributed by atoms with van der Waals surface area (Å²) in [7, 11) is 0. The molecule has 0 spiro atoms. The molecule has 7 nitrogen and oxygen atoms in total. The predicted molar refractivity (Wildman–Crippen MR) is 109 cm³/mol. The van der Waals surface area contributed by atoms with Crippen LogP contribution in [0.2, 0.25) is 5.02 Å². The second-order valence-electron chi connectivity index (χ2n) is 6.78. The van der Waals surface area contributed by atoms with Crippen LogP contribution >= 0.6 is 11.6 Å². The van der Waals surface area contributed by atoms with E-state index >= 15 is 0 Å². The number of amides is 1. The van der Waals surface area contributed by atoms with Gasteiger partial charge < -0.3 is 5.32 Å². The van der Waals surface area contributed by atoms with Gasteiger partial charge in [-0.15, -0.1) is 0 Å². The Hall–Kier alpha value is -3.70. The summed E-state index contributed by atoms with van der Waals surface area (Å²) in [6.45, 7) is 2.18. The van der Waals surface area contributed by atoms with Crippen molar-refractivity contribution < 1.29 is 9.18 Å². The van der Waals surface area contributed by atoms with Gasteiger partial charge in [-0.1, -0.05) is 23.7 Å². The number of carbonyl (C=O) groups excluding carboxylic acids is 1. The Morgan fingerprint density at radius 3 is 2.87 bits per heavy atom. The van der Waals surface area contributed by atoms with Crippen molar-refractivity contribution in [3.63, 3.8) is 0 Å². The van der Waals surface area contributed by atoms with Gasteiger partial charge in [-0.05, 0) is 37.3 Å². The van der Waals surface area contributed by atoms with E-state index in [4.69, 9.17) is 16.9 Å². The highest BCUT2D eigenvalue weighted by molar-refractivity contribution is 6.32. The first kappa shape index (κ1) is 19.6. The standard InChI is InChI=1S/C21H16ClFN6O/c1-13(25-21(30)19-20(23)29-8-3-2-4-18(29)26-19)12-28-9-7-17(27-28)14-5-6-15(11-24)16(22)10-14/h2-10,13H,12H2,1H3,(H,25,30)/t13-/m0/s1. The lowest BCUT2D eigenvalue weighted by molar-refractivity contribution is 0.0927. The number of aromatic nitrogens is 4. The Balaban J connectivity index is 1.45. The van der Waals surface area contributed by atoms with E-state index in [9.17, 15) is 9.18 Å². The van der Waals surface area contributed by atoms with Gasteiger partial charge in [0.05, 0.1) is 22.8 Å². The molecule has 1 atom stereocenters. The first-order chi connectivity index (χ1) is 14.5. The maximum Gasteiger partial charge on any atom is 0.274 e. The minimum atomic E-state index is -0.700. The summed E-state index contributed by atoms with van der Waals surface area (Å²) >= 11 is 6.09. The topological polar surface area (TPSA) is 88.0 Å². The summed E-state index contributed by atoms with van der Waals surface area (Å²) in [5, 5.41) is 16.6. The highest BCUT2D eigenvalue weighted by Crippen LogP contribution is 2.24. The zero-order chi connectivity index (χ0) is 21.3. The number of imidazole rings is 1. The van der Waals surface area contributed by atoms with Gasteiger partial charge in [-0.2, -0.15) is 14.8 Å². The molecule has 3 aromatic heterocycles. The van der Waals surface area contributed by atoms with Crippen molar-refractivity contribution in [1.82, 2.24) is 24.5 Å². The van der Waals surface area contributed by atoms with Crippen LogP contribution in [0.25, 0.3) is 16.9 Å². The molecule has 0 aliphatic rings. The van der Waals surface area contributed by atoms with Gasteiger partial charge in [0.25, 0.3) is 5.91 Å². The van der Waals surface area contributed by atoms with Gasteiger partial charge in [-0.25, -0.2) is 4.98 Å². The van der Waals surface area contributed by atoms with Crippen LogP contribution in [-0.4, -0.2) is 31.1 Å². The number of nitrogens with zero attached hydrogens (tertiary/aromatic N) is 5. The van der Waals surface area contributed by atoms with Crippen LogP contribution in [0.15, 0.2) is 54.9 Å². The molecule has 0 fully saturated rings. The molecule has 0 unspecified atom stereocenters. The monoisotopic (exact) mass is 422 g/mol. The Morgan fingerprint density at radius 1 is 1.30 bits per heavy atom. The summed E-state index contributed by atoms with van der Waals surface area (Å²) in [6, 6.07) is 13.6. The van der Waals surface area contributed by atoms with Crippen LogP contribution in [0.4, 0.5) is 4.39 Å². The Morgan fingerprint density at radius 2 is 2.13 bits per heavy atom. The van der Waals surface area contributed by atoms with Crippen molar-refractivity contribution in [3.8, 4) is 17.3 Å². The number of nitriles is 1. The molecular weight excluding hydrogens is 407 g/mol. The van der Waals surface area contributed by atoms with Gasteiger partial charge in [0.1, 0.15) is 11.7 Å². The third kappa shape index (κ3) is 3.75. The van der Waals surface area contributed by atoms with Crippen molar-refractivity contribution >= 4 is 23.2 Å². The normalized spacial score (nSPS) is 11.9. The van der Waals surface area contributed by atoms with E-state index in [1.807, 2.05) is 12.1 Å². The van der Waals surface area contributed by atoms with Crippen molar-refractivity contribution in [2.24, 2.45) is 0 Å². The van der Waals surface area contributed by atoms with E-state index < -0.39 is 11.9 Å². The maximum absolute atomic E-state index is 14.4. The molecule has 9 heteroatoms. The van der Waals surface area contributed by atoms with Crippen LogP contribution in [0, 0.1) is 17.3 Å². The SMILES string of the molecule is C[C@@H](Cn1ccc(-c2ccc(C#N)c(Cl)c2)n1)NC(=O)c1nc2ccccn2c1F. The summed E-state index contributed by atoms with van der Waals surface area (Å²) < 4.78 is 17.3. The van der Waals surface area contributed by atoms with Crippen LogP contribution in [-0.2, 0) is 6.54 Å². The van der Waals surface area contributed by atoms with E-state index in [0.717, 1.165) is 5.56 Å². The molecular formula is C21H16ClFN6O. The fourth-order valence-electron chi connectivity index (χ4n) is 3.11. The first-order valence-corrected chi connectivity index (χ1v) is 9.51. The molecule has 0 bridgehead atoms. The number of benzene rings is 1. The molecule has 4 rings (SSSR count). The number of fused-ring (bicyclic) bond motifs is 1. The lowest BCUT2D eigenvalue weighted by Gasteiger charge is -2.13. The van der Waals surface area contributed by atoms with E-state index in [2.05, 4.69) is 15.4 Å². The first-order valence-electron chi connectivity index (χ1n) is 9.13. The van der Waals surface area contributed by atoms with Crippen LogP contribution in [0.5, 0.6) is 0 Å². The summed E-state index contributed by atoms with van der Waals surface area (Å²) in [4.78, 5) is 16.5. The van der Waals surface area contributed by atoms with Crippen LogP contribution in [0.3, 0.4) is 0 Å². The van der Waals surface area contributed by atoms with Crippen LogP contribution in [0.1, 0.15) is 23.0 Å². The quantitative estimate of drug-likeness (QED) is 0.531. The summed E-state index contributed by atoms with van der Waals surface area (Å²) in [6.07, 6.45) is 3.29. The van der Waals surface area contributed by atoms with Crippen molar-refractivity contribution in [2.45, 2.75) is 19.5 Å². The summed E-state index contributed by atoms with van der Waals surface area (Å²) in [5.41, 5.74) is 1.98. The number of rotatable bonds is 5. The molecule has 1 N–H and O–H groups in total. The molecule has 1 aromatic carbocycles.